The number of nitrogens with one attached hydrogen (secondary N) is 4. The number of hydrogen-bond donors (Lipinski definition) is 4. The van der Waals surface area contributed by atoms with Gasteiger partial charge in [0.2, 0.25) is 0 Å². The predicted molar refractivity (Wildman–Crippen MR) is 241 cm³/mol. The maximum Gasteiger partial charge on any atom is 0.251 e. The Bertz CT molecular complexity index is 2740. The van der Waals surface area contributed by atoms with Crippen LogP contribution in [0.1, 0.15) is 85.2 Å². The predicted octanol–water partition coefficient (Wildman–Crippen LogP) is 8.38. The molecule has 2 aromatic carbocycles. The molecule has 2 aliphatic carbocycles. The second-order valence-corrected chi connectivity index (χ2v) is 17.4. The first-order valence-corrected chi connectivity index (χ1v) is 21.4. The Morgan fingerprint density at radius 1 is 0.689 bits per heavy atom. The molecule has 14 nitrogen and oxygen atoms in total. The van der Waals surface area contributed by atoms with Crippen molar-refractivity contribution >= 4 is 46.1 Å². The van der Waals surface area contributed by atoms with Gasteiger partial charge in [-0.25, -0.2) is 19.0 Å². The van der Waals surface area contributed by atoms with E-state index >= 15 is 0 Å². The fraction of sp³-hybridized carbons (Fsp3) is 0.370. The van der Waals surface area contributed by atoms with Gasteiger partial charge in [0.25, 0.3) is 11.8 Å². The fourth-order valence-corrected chi connectivity index (χ4v) is 7.26. The average molecular weight is 841 g/mol. The number of fused-ring (bicyclic) bond motifs is 2. The minimum Gasteiger partial charge on any atom is -0.382 e. The number of benzene rings is 2. The van der Waals surface area contributed by atoms with Crippen molar-refractivity contribution in [2.45, 2.75) is 79.3 Å². The summed E-state index contributed by atoms with van der Waals surface area (Å²) in [6, 6.07) is 18.1. The molecule has 0 spiro atoms. The molecule has 61 heavy (non-hydrogen) atoms. The summed E-state index contributed by atoms with van der Waals surface area (Å²) in [5.74, 6) is 0.977. The van der Waals surface area contributed by atoms with Crippen LogP contribution in [0.25, 0.3) is 45.2 Å². The van der Waals surface area contributed by atoms with Gasteiger partial charge in [-0.3, -0.25) is 14.3 Å². The van der Waals surface area contributed by atoms with Crippen molar-refractivity contribution in [3.8, 4) is 33.9 Å². The van der Waals surface area contributed by atoms with Crippen molar-refractivity contribution in [3.63, 3.8) is 0 Å². The highest BCUT2D eigenvalue weighted by molar-refractivity contribution is 6.29. The van der Waals surface area contributed by atoms with Crippen LogP contribution >= 0.6 is 11.6 Å². The summed E-state index contributed by atoms with van der Waals surface area (Å²) in [4.78, 5) is 34.2. The molecule has 4 N–H and O–H groups in total. The number of aromatic nitrogens is 8. The molecule has 0 atom stereocenters. The molecule has 0 bridgehead atoms. The van der Waals surface area contributed by atoms with Gasteiger partial charge in [-0.1, -0.05) is 51.4 Å². The van der Waals surface area contributed by atoms with Crippen LogP contribution in [0.15, 0.2) is 73.2 Å². The Labute approximate surface area is 360 Å². The third kappa shape index (κ3) is 9.39. The molecule has 5 heterocycles. The van der Waals surface area contributed by atoms with Gasteiger partial charge in [0.05, 0.1) is 40.9 Å². The minimum atomic E-state index is -0.00830. The van der Waals surface area contributed by atoms with Crippen molar-refractivity contribution < 1.29 is 9.59 Å². The Morgan fingerprint density at radius 2 is 1.18 bits per heavy atom. The second kappa shape index (κ2) is 17.4. The van der Waals surface area contributed by atoms with Crippen LogP contribution in [0.3, 0.4) is 0 Å². The highest BCUT2D eigenvalue weighted by Crippen LogP contribution is 2.31. The summed E-state index contributed by atoms with van der Waals surface area (Å²) >= 11 is 6.26. The number of hydrogen-bond acceptors (Lipinski definition) is 9. The van der Waals surface area contributed by atoms with Crippen LogP contribution in [-0.2, 0) is 7.05 Å². The summed E-state index contributed by atoms with van der Waals surface area (Å²) < 4.78 is 5.45. The lowest BCUT2D eigenvalue weighted by atomic mass is 10.0. The molecule has 2 aliphatic rings. The highest BCUT2D eigenvalue weighted by Gasteiger charge is 2.26. The Balaban J connectivity index is 0.000000171. The Kier molecular flexibility index (Phi) is 11.8. The van der Waals surface area contributed by atoms with E-state index in [-0.39, 0.29) is 11.8 Å². The van der Waals surface area contributed by atoms with E-state index < -0.39 is 0 Å². The molecule has 0 saturated heterocycles. The molecular weight excluding hydrogens is 788 g/mol. The van der Waals surface area contributed by atoms with Gasteiger partial charge >= 0.3 is 0 Å². The van der Waals surface area contributed by atoms with Crippen LogP contribution in [-0.4, -0.2) is 76.0 Å². The molecule has 0 unspecified atom stereocenters. The molecule has 0 radical (unpaired) electrons. The summed E-state index contributed by atoms with van der Waals surface area (Å²) in [5.41, 5.74) is 11.9. The van der Waals surface area contributed by atoms with E-state index in [0.29, 0.717) is 40.2 Å². The summed E-state index contributed by atoms with van der Waals surface area (Å²) in [6.07, 6.45) is 9.69. The molecule has 5 aromatic heterocycles. The second-order valence-electron chi connectivity index (χ2n) is 17.0. The molecule has 0 aliphatic heterocycles. The third-order valence-corrected chi connectivity index (χ3v) is 10.9. The van der Waals surface area contributed by atoms with Crippen molar-refractivity contribution in [2.24, 2.45) is 18.9 Å². The van der Waals surface area contributed by atoms with E-state index in [1.54, 1.807) is 23.0 Å². The number of carbonyl (C=O) groups is 2. The first-order chi connectivity index (χ1) is 29.3. The average Bonchev–Trinajstić information content (AvgIpc) is 4.08. The number of anilines is 2. The number of amides is 2. The first kappa shape index (κ1) is 41.5. The van der Waals surface area contributed by atoms with Crippen LogP contribution in [0.4, 0.5) is 11.4 Å². The molecule has 2 saturated carbocycles. The molecule has 9 rings (SSSR count). The lowest BCUT2D eigenvalue weighted by Gasteiger charge is -2.13. The SMILES string of the molecule is Cc1cc(-c2cnc3c(NCC(C)C)cc(-c4ccnn4C)nn23)ccc1C(=O)NC1CC1.Cc1cc(-c2cnc3c(NCC(C)C)cc(Cl)nn23)ccc1C(=O)NC1CC1. The van der Waals surface area contributed by atoms with Crippen molar-refractivity contribution in [3.05, 3.63) is 101 Å². The van der Waals surface area contributed by atoms with Crippen LogP contribution in [0.2, 0.25) is 5.15 Å². The van der Waals surface area contributed by atoms with E-state index in [4.69, 9.17) is 16.7 Å². The van der Waals surface area contributed by atoms with E-state index in [1.807, 2.05) is 84.8 Å². The monoisotopic (exact) mass is 840 g/mol. The van der Waals surface area contributed by atoms with Gasteiger partial charge in [0.15, 0.2) is 16.4 Å². The van der Waals surface area contributed by atoms with Gasteiger partial charge in [-0.15, -0.1) is 0 Å². The molecular formula is C46H53ClN12O2. The molecule has 2 fully saturated rings. The van der Waals surface area contributed by atoms with Gasteiger partial charge in [0.1, 0.15) is 5.69 Å². The number of halogens is 1. The maximum atomic E-state index is 12.5. The molecule has 316 valence electrons. The molecule has 15 heteroatoms. The highest BCUT2D eigenvalue weighted by atomic mass is 35.5. The van der Waals surface area contributed by atoms with Gasteiger partial charge in [-0.2, -0.15) is 15.3 Å². The number of imidazole rings is 2. The zero-order valence-corrected chi connectivity index (χ0v) is 36.5. The summed E-state index contributed by atoms with van der Waals surface area (Å²) in [5, 5.41) is 27.1. The quantitative estimate of drug-likeness (QED) is 0.0895. The fourth-order valence-electron chi connectivity index (χ4n) is 7.08. The first-order valence-electron chi connectivity index (χ1n) is 21.1. The zero-order chi connectivity index (χ0) is 42.9. The molecule has 7 aromatic rings. The number of aryl methyl sites for hydroxylation is 3. The van der Waals surface area contributed by atoms with E-state index in [1.165, 1.54) is 0 Å². The van der Waals surface area contributed by atoms with E-state index in [0.717, 1.165) is 106 Å². The van der Waals surface area contributed by atoms with E-state index in [9.17, 15) is 9.59 Å². The van der Waals surface area contributed by atoms with Crippen LogP contribution < -0.4 is 21.3 Å². The lowest BCUT2D eigenvalue weighted by molar-refractivity contribution is 0.0942. The van der Waals surface area contributed by atoms with Gasteiger partial charge in [-0.05, 0) is 98.9 Å². The smallest absolute Gasteiger partial charge is 0.251 e. The van der Waals surface area contributed by atoms with Gasteiger partial charge in [0, 0.05) is 66.7 Å². The van der Waals surface area contributed by atoms with Crippen molar-refractivity contribution in [2.75, 3.05) is 23.7 Å². The number of rotatable bonds is 13. The summed E-state index contributed by atoms with van der Waals surface area (Å²) in [6.45, 7) is 14.2. The third-order valence-electron chi connectivity index (χ3n) is 10.7. The largest absolute Gasteiger partial charge is 0.382 e. The van der Waals surface area contributed by atoms with Gasteiger partial charge < -0.3 is 21.3 Å². The number of carbonyl (C=O) groups excluding carboxylic acids is 2. The van der Waals surface area contributed by atoms with E-state index in [2.05, 4.69) is 69.1 Å². The zero-order valence-electron chi connectivity index (χ0n) is 35.8. The van der Waals surface area contributed by atoms with Crippen LogP contribution in [0, 0.1) is 25.7 Å². The Hall–Kier alpha value is -6.28. The van der Waals surface area contributed by atoms with Crippen molar-refractivity contribution in [1.82, 2.24) is 49.6 Å². The van der Waals surface area contributed by atoms with Crippen LogP contribution in [0.5, 0.6) is 0 Å². The standard InChI is InChI=1S/C25H29N7O.C21H24ClN5O/c1-15(2)13-26-21-12-20(22-9-10-28-31(22)4)30-32-23(14-27-24(21)32)17-5-8-19(16(3)11-17)25(33)29-18-6-7-18;1-12(2)10-23-17-9-19(22)26-27-18(11-24-20(17)27)14-4-7-16(13(3)8-14)21(28)25-15-5-6-15/h5,8-12,14-15,18,26H,6-7,13H2,1-4H3,(H,29,33);4,7-9,11-12,15,23H,5-6,10H2,1-3H3,(H,25,28). The lowest BCUT2D eigenvalue weighted by Crippen LogP contribution is -2.26. The van der Waals surface area contributed by atoms with Crippen molar-refractivity contribution in [1.29, 1.82) is 0 Å². The normalized spacial score (nSPS) is 13.7. The molecule has 2 amide bonds. The summed E-state index contributed by atoms with van der Waals surface area (Å²) in [7, 11) is 1.91. The maximum absolute atomic E-state index is 12.5. The Morgan fingerprint density at radius 3 is 1.62 bits per heavy atom. The minimum absolute atomic E-state index is 0.00326. The number of nitrogens with zero attached hydrogens (tertiary/aromatic N) is 8. The topological polar surface area (TPSA) is 160 Å².